The Bertz CT molecular complexity index is 1330. The van der Waals surface area contributed by atoms with Gasteiger partial charge >= 0.3 is 0 Å². The maximum atomic E-state index is 12.9. The summed E-state index contributed by atoms with van der Waals surface area (Å²) in [6, 6.07) is 10.6. The Morgan fingerprint density at radius 2 is 1.97 bits per heavy atom. The monoisotopic (exact) mass is 542 g/mol. The molecular weight excluding hydrogens is 516 g/mol. The van der Waals surface area contributed by atoms with Gasteiger partial charge in [-0.1, -0.05) is 61.5 Å². The molecule has 1 unspecified atom stereocenters. The standard InChI is InChI=1S/C25H27ClN6O4S/c1-5-12-31-23(22(15(2)3)28-24(34)18-8-6-7-9-19(18)26)29-30-25(31)37-14-21(33)27-20-13-17(32(35)36)11-10-16(20)4/h5-11,13,15,22H,1,12,14H2,2-4H3,(H,27,33)(H,28,34). The third-order valence-corrected chi connectivity index (χ3v) is 6.74. The van der Waals surface area contributed by atoms with E-state index in [-0.39, 0.29) is 29.2 Å². The molecule has 0 spiro atoms. The highest BCUT2D eigenvalue weighted by molar-refractivity contribution is 7.99. The molecule has 2 aromatic carbocycles. The van der Waals surface area contributed by atoms with Gasteiger partial charge in [-0.15, -0.1) is 16.8 Å². The zero-order chi connectivity index (χ0) is 27.1. The highest BCUT2D eigenvalue weighted by atomic mass is 35.5. The molecule has 2 amide bonds. The van der Waals surface area contributed by atoms with E-state index in [1.54, 1.807) is 47.9 Å². The van der Waals surface area contributed by atoms with Crippen LogP contribution in [0, 0.1) is 23.0 Å². The zero-order valence-electron chi connectivity index (χ0n) is 20.6. The third-order valence-electron chi connectivity index (χ3n) is 5.45. The van der Waals surface area contributed by atoms with Crippen LogP contribution in [0.2, 0.25) is 5.02 Å². The summed E-state index contributed by atoms with van der Waals surface area (Å²) in [4.78, 5) is 36.1. The second-order valence-electron chi connectivity index (χ2n) is 8.51. The Morgan fingerprint density at radius 3 is 2.62 bits per heavy atom. The van der Waals surface area contributed by atoms with Crippen LogP contribution in [0.25, 0.3) is 0 Å². The van der Waals surface area contributed by atoms with Crippen LogP contribution in [0.15, 0.2) is 60.3 Å². The van der Waals surface area contributed by atoms with E-state index in [0.29, 0.717) is 39.4 Å². The number of anilines is 1. The fraction of sp³-hybridized carbons (Fsp3) is 0.280. The number of hydrogen-bond donors (Lipinski definition) is 2. The van der Waals surface area contributed by atoms with E-state index in [9.17, 15) is 19.7 Å². The van der Waals surface area contributed by atoms with Crippen LogP contribution in [0.4, 0.5) is 11.4 Å². The van der Waals surface area contributed by atoms with Crippen molar-refractivity contribution in [2.24, 2.45) is 5.92 Å². The van der Waals surface area contributed by atoms with E-state index in [2.05, 4.69) is 27.4 Å². The summed E-state index contributed by atoms with van der Waals surface area (Å²) < 4.78 is 1.79. The number of thioether (sulfide) groups is 1. The van der Waals surface area contributed by atoms with E-state index in [1.807, 2.05) is 13.8 Å². The molecule has 1 atom stereocenters. The van der Waals surface area contributed by atoms with Crippen molar-refractivity contribution in [1.82, 2.24) is 20.1 Å². The van der Waals surface area contributed by atoms with E-state index >= 15 is 0 Å². The molecule has 194 valence electrons. The SMILES string of the molecule is C=CCn1c(SCC(=O)Nc2cc([N+](=O)[O-])ccc2C)nnc1C(NC(=O)c1ccccc1Cl)C(C)C. The number of halogens is 1. The van der Waals surface area contributed by atoms with Gasteiger partial charge in [-0.25, -0.2) is 0 Å². The van der Waals surface area contributed by atoms with E-state index in [4.69, 9.17) is 11.6 Å². The Balaban J connectivity index is 1.77. The predicted octanol–water partition coefficient (Wildman–Crippen LogP) is 5.19. The Hall–Kier alpha value is -3.70. The van der Waals surface area contributed by atoms with Crippen molar-refractivity contribution >= 4 is 46.6 Å². The second kappa shape index (κ2) is 12.5. The van der Waals surface area contributed by atoms with Gasteiger partial charge in [0.2, 0.25) is 5.91 Å². The first-order valence-electron chi connectivity index (χ1n) is 11.4. The summed E-state index contributed by atoms with van der Waals surface area (Å²) in [5, 5.41) is 26.2. The molecule has 0 radical (unpaired) electrons. The normalized spacial score (nSPS) is 11.7. The molecule has 1 heterocycles. The van der Waals surface area contributed by atoms with Crippen LogP contribution in [0.5, 0.6) is 0 Å². The number of carbonyl (C=O) groups excluding carboxylic acids is 2. The number of allylic oxidation sites excluding steroid dienone is 1. The average molecular weight is 543 g/mol. The number of nitro groups is 1. The van der Waals surface area contributed by atoms with Crippen LogP contribution >= 0.6 is 23.4 Å². The molecule has 0 bridgehead atoms. The minimum absolute atomic E-state index is 0.00423. The fourth-order valence-electron chi connectivity index (χ4n) is 3.51. The molecular formula is C25H27ClN6O4S. The first kappa shape index (κ1) is 27.9. The lowest BCUT2D eigenvalue weighted by molar-refractivity contribution is -0.384. The van der Waals surface area contributed by atoms with Gasteiger partial charge in [0.1, 0.15) is 0 Å². The third kappa shape index (κ3) is 6.95. The van der Waals surface area contributed by atoms with Gasteiger partial charge in [0.15, 0.2) is 11.0 Å². The van der Waals surface area contributed by atoms with E-state index < -0.39 is 11.0 Å². The van der Waals surface area contributed by atoms with Crippen LogP contribution in [-0.2, 0) is 11.3 Å². The Kier molecular flexibility index (Phi) is 9.42. The van der Waals surface area contributed by atoms with Gasteiger partial charge in [0.05, 0.1) is 33.0 Å². The molecule has 1 aromatic heterocycles. The molecule has 12 heteroatoms. The topological polar surface area (TPSA) is 132 Å². The number of amides is 2. The number of nitrogens with one attached hydrogen (secondary N) is 2. The van der Waals surface area contributed by atoms with Gasteiger partial charge in [-0.3, -0.25) is 19.7 Å². The number of rotatable bonds is 11. The van der Waals surface area contributed by atoms with E-state index in [1.165, 1.54) is 12.1 Å². The lowest BCUT2D eigenvalue weighted by Crippen LogP contribution is -2.34. The molecule has 37 heavy (non-hydrogen) atoms. The fourth-order valence-corrected chi connectivity index (χ4v) is 4.48. The highest BCUT2D eigenvalue weighted by Crippen LogP contribution is 2.27. The molecule has 0 aliphatic rings. The van der Waals surface area contributed by atoms with Gasteiger partial charge < -0.3 is 15.2 Å². The van der Waals surface area contributed by atoms with Crippen molar-refractivity contribution in [1.29, 1.82) is 0 Å². The molecule has 0 saturated carbocycles. The van der Waals surface area contributed by atoms with Crippen LogP contribution in [0.1, 0.15) is 41.6 Å². The highest BCUT2D eigenvalue weighted by Gasteiger charge is 2.27. The van der Waals surface area contributed by atoms with E-state index in [0.717, 1.165) is 11.8 Å². The minimum atomic E-state index is -0.515. The van der Waals surface area contributed by atoms with Gasteiger partial charge in [-0.2, -0.15) is 0 Å². The number of aromatic nitrogens is 3. The molecule has 10 nitrogen and oxygen atoms in total. The summed E-state index contributed by atoms with van der Waals surface area (Å²) in [6.07, 6.45) is 1.68. The number of hydrogen-bond acceptors (Lipinski definition) is 7. The predicted molar refractivity (Wildman–Crippen MR) is 144 cm³/mol. The van der Waals surface area contributed by atoms with Crippen molar-refractivity contribution < 1.29 is 14.5 Å². The van der Waals surface area contributed by atoms with Crippen LogP contribution < -0.4 is 10.6 Å². The maximum absolute atomic E-state index is 12.9. The average Bonchev–Trinajstić information content (AvgIpc) is 3.24. The molecule has 3 aromatic rings. The number of nitro benzene ring substituents is 1. The quantitative estimate of drug-likeness (QED) is 0.147. The lowest BCUT2D eigenvalue weighted by Gasteiger charge is -2.23. The summed E-state index contributed by atoms with van der Waals surface area (Å²) in [6.45, 7) is 9.82. The van der Waals surface area contributed by atoms with Gasteiger partial charge in [-0.05, 0) is 30.5 Å². The minimum Gasteiger partial charge on any atom is -0.342 e. The molecule has 0 fully saturated rings. The van der Waals surface area contributed by atoms with Crippen LogP contribution in [0.3, 0.4) is 0 Å². The van der Waals surface area contributed by atoms with Crippen molar-refractivity contribution in [3.05, 3.63) is 87.2 Å². The summed E-state index contributed by atoms with van der Waals surface area (Å²) in [5.74, 6) is -0.200. The van der Waals surface area contributed by atoms with Crippen molar-refractivity contribution in [3.63, 3.8) is 0 Å². The number of aryl methyl sites for hydroxylation is 1. The van der Waals surface area contributed by atoms with Crippen molar-refractivity contribution in [2.75, 3.05) is 11.1 Å². The lowest BCUT2D eigenvalue weighted by atomic mass is 10.0. The maximum Gasteiger partial charge on any atom is 0.271 e. The summed E-state index contributed by atoms with van der Waals surface area (Å²) in [7, 11) is 0. The molecule has 3 rings (SSSR count). The van der Waals surface area contributed by atoms with Gasteiger partial charge in [0.25, 0.3) is 11.6 Å². The summed E-state index contributed by atoms with van der Waals surface area (Å²) in [5.41, 5.74) is 1.32. The molecule has 0 saturated heterocycles. The first-order chi connectivity index (χ1) is 17.6. The molecule has 0 aliphatic carbocycles. The molecule has 0 aliphatic heterocycles. The Morgan fingerprint density at radius 1 is 1.24 bits per heavy atom. The van der Waals surface area contributed by atoms with Crippen molar-refractivity contribution in [2.45, 2.75) is 38.5 Å². The largest absolute Gasteiger partial charge is 0.342 e. The number of non-ortho nitro benzene ring substituents is 1. The number of carbonyl (C=O) groups is 2. The zero-order valence-corrected chi connectivity index (χ0v) is 22.2. The van der Waals surface area contributed by atoms with Gasteiger partial charge in [0, 0.05) is 18.7 Å². The van der Waals surface area contributed by atoms with Crippen molar-refractivity contribution in [3.8, 4) is 0 Å². The second-order valence-corrected chi connectivity index (χ2v) is 9.86. The first-order valence-corrected chi connectivity index (χ1v) is 12.8. The molecule has 2 N–H and O–H groups in total. The Labute approximate surface area is 223 Å². The summed E-state index contributed by atoms with van der Waals surface area (Å²) >= 11 is 7.35. The smallest absolute Gasteiger partial charge is 0.271 e. The number of nitrogens with zero attached hydrogens (tertiary/aromatic N) is 4. The number of benzene rings is 2. The van der Waals surface area contributed by atoms with Crippen LogP contribution in [-0.4, -0.2) is 37.3 Å².